The molecule has 1 aromatic rings. The Morgan fingerprint density at radius 2 is 2.14 bits per heavy atom. The Hall–Kier alpha value is -0.940. The van der Waals surface area contributed by atoms with Gasteiger partial charge in [0.15, 0.2) is 0 Å². The fourth-order valence-electron chi connectivity index (χ4n) is 2.86. The number of rotatable bonds is 5. The summed E-state index contributed by atoms with van der Waals surface area (Å²) in [5.74, 6) is 0.163. The van der Waals surface area contributed by atoms with Crippen LogP contribution in [0.25, 0.3) is 0 Å². The van der Waals surface area contributed by atoms with Gasteiger partial charge in [0.25, 0.3) is 0 Å². The van der Waals surface area contributed by atoms with Crippen LogP contribution in [-0.2, 0) is 16.4 Å². The van der Waals surface area contributed by atoms with E-state index in [1.807, 2.05) is 6.07 Å². The fourth-order valence-corrected chi connectivity index (χ4v) is 4.25. The van der Waals surface area contributed by atoms with Crippen molar-refractivity contribution in [3.63, 3.8) is 0 Å². The second kappa shape index (κ2) is 6.88. The highest BCUT2D eigenvalue weighted by Crippen LogP contribution is 2.25. The Bertz CT molecular complexity index is 571. The van der Waals surface area contributed by atoms with Gasteiger partial charge < -0.3 is 0 Å². The normalized spacial score (nSPS) is 20.9. The molecule has 1 unspecified atom stereocenters. The lowest BCUT2D eigenvalue weighted by Crippen LogP contribution is -2.43. The minimum absolute atomic E-state index is 0.208. The number of sulfonamides is 1. The zero-order valence-electron chi connectivity index (χ0n) is 12.8. The summed E-state index contributed by atoms with van der Waals surface area (Å²) in [4.78, 5) is 0. The Labute approximate surface area is 127 Å². The molecule has 0 amide bonds. The molecule has 21 heavy (non-hydrogen) atoms. The smallest absolute Gasteiger partial charge is 0.212 e. The first kappa shape index (κ1) is 16.4. The number of nitrogens with zero attached hydrogens (tertiary/aromatic N) is 1. The molecular formula is C16H24FNO2S. The van der Waals surface area contributed by atoms with E-state index in [2.05, 4.69) is 0 Å². The van der Waals surface area contributed by atoms with Crippen LogP contribution in [0.15, 0.2) is 24.3 Å². The molecule has 1 aromatic carbocycles. The van der Waals surface area contributed by atoms with Gasteiger partial charge in [-0.2, -0.15) is 0 Å². The Kier molecular flexibility index (Phi) is 5.38. The summed E-state index contributed by atoms with van der Waals surface area (Å²) < 4.78 is 39.2. The third-order valence-electron chi connectivity index (χ3n) is 4.17. The van der Waals surface area contributed by atoms with Gasteiger partial charge in [0.1, 0.15) is 5.82 Å². The predicted molar refractivity (Wildman–Crippen MR) is 83.1 cm³/mol. The van der Waals surface area contributed by atoms with Crippen LogP contribution in [-0.4, -0.2) is 31.1 Å². The molecule has 0 bridgehead atoms. The van der Waals surface area contributed by atoms with Crippen LogP contribution < -0.4 is 0 Å². The SMILES string of the molecule is CC(C)S(=O)(=O)N1CCCC(CCc2cccc(F)c2)C1. The lowest BCUT2D eigenvalue weighted by molar-refractivity contribution is 0.254. The largest absolute Gasteiger partial charge is 0.216 e. The quantitative estimate of drug-likeness (QED) is 0.837. The summed E-state index contributed by atoms with van der Waals surface area (Å²) in [6, 6.07) is 6.65. The van der Waals surface area contributed by atoms with Crippen LogP contribution in [0, 0.1) is 11.7 Å². The topological polar surface area (TPSA) is 37.4 Å². The van der Waals surface area contributed by atoms with Crippen LogP contribution in [0.2, 0.25) is 0 Å². The summed E-state index contributed by atoms with van der Waals surface area (Å²) in [6.07, 6.45) is 3.69. The maximum Gasteiger partial charge on any atom is 0.216 e. The second-order valence-electron chi connectivity index (χ2n) is 6.13. The molecule has 1 aliphatic heterocycles. The summed E-state index contributed by atoms with van der Waals surface area (Å²) in [7, 11) is -3.15. The van der Waals surface area contributed by atoms with Crippen molar-refractivity contribution in [2.45, 2.75) is 44.8 Å². The summed E-state index contributed by atoms with van der Waals surface area (Å²) >= 11 is 0. The number of aryl methyl sites for hydroxylation is 1. The van der Waals surface area contributed by atoms with Gasteiger partial charge in [-0.15, -0.1) is 0 Å². The Morgan fingerprint density at radius 3 is 2.81 bits per heavy atom. The Morgan fingerprint density at radius 1 is 1.38 bits per heavy atom. The first-order valence-electron chi connectivity index (χ1n) is 7.63. The summed E-state index contributed by atoms with van der Waals surface area (Å²) in [5, 5.41) is -0.362. The maximum atomic E-state index is 13.2. The van der Waals surface area contributed by atoms with Crippen molar-refractivity contribution in [1.82, 2.24) is 4.31 Å². The molecule has 0 saturated carbocycles. The highest BCUT2D eigenvalue weighted by atomic mass is 32.2. The van der Waals surface area contributed by atoms with Crippen LogP contribution in [0.3, 0.4) is 0 Å². The molecule has 0 N–H and O–H groups in total. The molecule has 118 valence electrons. The monoisotopic (exact) mass is 313 g/mol. The molecule has 1 fully saturated rings. The number of halogens is 1. The molecule has 0 spiro atoms. The standard InChI is InChI=1S/C16H24FNO2S/c1-13(2)21(19,20)18-10-4-6-15(12-18)9-8-14-5-3-7-16(17)11-14/h3,5,7,11,13,15H,4,6,8-10,12H2,1-2H3. The molecule has 1 saturated heterocycles. The number of hydrogen-bond acceptors (Lipinski definition) is 2. The molecule has 1 heterocycles. The van der Waals surface area contributed by atoms with Crippen molar-refractivity contribution < 1.29 is 12.8 Å². The van der Waals surface area contributed by atoms with Crippen LogP contribution in [0.4, 0.5) is 4.39 Å². The third kappa shape index (κ3) is 4.27. The van der Waals surface area contributed by atoms with E-state index >= 15 is 0 Å². The number of benzene rings is 1. The van der Waals surface area contributed by atoms with Gasteiger partial charge in [0, 0.05) is 13.1 Å². The summed E-state index contributed by atoms with van der Waals surface area (Å²) in [6.45, 7) is 4.70. The van der Waals surface area contributed by atoms with Crippen molar-refractivity contribution in [2.75, 3.05) is 13.1 Å². The van der Waals surface area contributed by atoms with Crippen molar-refractivity contribution in [2.24, 2.45) is 5.92 Å². The van der Waals surface area contributed by atoms with E-state index in [1.165, 1.54) is 6.07 Å². The van der Waals surface area contributed by atoms with E-state index in [0.29, 0.717) is 19.0 Å². The zero-order valence-corrected chi connectivity index (χ0v) is 13.6. The molecule has 2 rings (SSSR count). The van der Waals surface area contributed by atoms with E-state index in [-0.39, 0.29) is 11.1 Å². The lowest BCUT2D eigenvalue weighted by atomic mass is 9.93. The molecule has 1 aliphatic rings. The van der Waals surface area contributed by atoms with Gasteiger partial charge in [-0.05, 0) is 63.1 Å². The summed E-state index contributed by atoms with van der Waals surface area (Å²) in [5.41, 5.74) is 0.985. The van der Waals surface area contributed by atoms with Crippen LogP contribution >= 0.6 is 0 Å². The lowest BCUT2D eigenvalue weighted by Gasteiger charge is -2.33. The first-order valence-corrected chi connectivity index (χ1v) is 9.13. The van der Waals surface area contributed by atoms with E-state index in [1.54, 1.807) is 30.3 Å². The van der Waals surface area contributed by atoms with Crippen molar-refractivity contribution in [1.29, 1.82) is 0 Å². The first-order chi connectivity index (χ1) is 9.89. The average Bonchev–Trinajstić information content (AvgIpc) is 2.45. The second-order valence-corrected chi connectivity index (χ2v) is 8.62. The third-order valence-corrected chi connectivity index (χ3v) is 6.41. The van der Waals surface area contributed by atoms with Gasteiger partial charge in [-0.3, -0.25) is 0 Å². The zero-order chi connectivity index (χ0) is 15.5. The van der Waals surface area contributed by atoms with Crippen molar-refractivity contribution in [3.05, 3.63) is 35.6 Å². The predicted octanol–water partition coefficient (Wildman–Crippen LogP) is 3.21. The maximum absolute atomic E-state index is 13.2. The highest BCUT2D eigenvalue weighted by molar-refractivity contribution is 7.89. The van der Waals surface area contributed by atoms with Crippen LogP contribution in [0.1, 0.15) is 38.7 Å². The van der Waals surface area contributed by atoms with Gasteiger partial charge in [-0.1, -0.05) is 12.1 Å². The highest BCUT2D eigenvalue weighted by Gasteiger charge is 2.30. The molecule has 0 radical (unpaired) electrons. The molecule has 0 aliphatic carbocycles. The van der Waals surface area contributed by atoms with Gasteiger partial charge in [-0.25, -0.2) is 17.1 Å². The molecular weight excluding hydrogens is 289 g/mol. The van der Waals surface area contributed by atoms with Gasteiger partial charge in [0.2, 0.25) is 10.0 Å². The Balaban J connectivity index is 1.93. The van der Waals surface area contributed by atoms with Gasteiger partial charge >= 0.3 is 0 Å². The van der Waals surface area contributed by atoms with Crippen molar-refractivity contribution >= 4 is 10.0 Å². The fraction of sp³-hybridized carbons (Fsp3) is 0.625. The van der Waals surface area contributed by atoms with E-state index in [4.69, 9.17) is 0 Å². The molecule has 3 nitrogen and oxygen atoms in total. The molecule has 0 aromatic heterocycles. The minimum Gasteiger partial charge on any atom is -0.212 e. The van der Waals surface area contributed by atoms with E-state index in [0.717, 1.165) is 31.2 Å². The van der Waals surface area contributed by atoms with E-state index in [9.17, 15) is 12.8 Å². The number of piperidine rings is 1. The van der Waals surface area contributed by atoms with Crippen molar-refractivity contribution in [3.8, 4) is 0 Å². The molecule has 1 atom stereocenters. The van der Waals surface area contributed by atoms with Crippen LogP contribution in [0.5, 0.6) is 0 Å². The number of hydrogen-bond donors (Lipinski definition) is 0. The average molecular weight is 313 g/mol. The van der Waals surface area contributed by atoms with Gasteiger partial charge in [0.05, 0.1) is 5.25 Å². The molecule has 5 heteroatoms. The minimum atomic E-state index is -3.15. The van der Waals surface area contributed by atoms with E-state index < -0.39 is 10.0 Å².